The van der Waals surface area contributed by atoms with Crippen molar-refractivity contribution in [2.75, 3.05) is 12.4 Å². The van der Waals surface area contributed by atoms with Gasteiger partial charge in [-0.15, -0.1) is 0 Å². The van der Waals surface area contributed by atoms with E-state index in [0.717, 1.165) is 5.56 Å². The molecule has 1 fully saturated rings. The molecule has 180 valence electrons. The molecule has 2 unspecified atom stereocenters. The van der Waals surface area contributed by atoms with E-state index in [4.69, 9.17) is 4.18 Å². The minimum Gasteiger partial charge on any atom is -0.322 e. The molecule has 11 heteroatoms. The van der Waals surface area contributed by atoms with Gasteiger partial charge in [0.25, 0.3) is 16.0 Å². The summed E-state index contributed by atoms with van der Waals surface area (Å²) in [4.78, 5) is 38.5. The van der Waals surface area contributed by atoms with E-state index in [2.05, 4.69) is 5.32 Å². The number of benzene rings is 2. The molecule has 0 saturated carbocycles. The molecule has 3 amide bonds. The minimum absolute atomic E-state index is 0.0622. The van der Waals surface area contributed by atoms with Gasteiger partial charge in [0, 0.05) is 34.7 Å². The molecule has 1 saturated heterocycles. The van der Waals surface area contributed by atoms with Crippen LogP contribution in [0.4, 0.5) is 0 Å². The van der Waals surface area contributed by atoms with E-state index in [9.17, 15) is 27.0 Å². The first-order valence-corrected chi connectivity index (χ1v) is 13.5. The van der Waals surface area contributed by atoms with E-state index in [1.807, 2.05) is 6.92 Å². The highest BCUT2D eigenvalue weighted by Crippen LogP contribution is 2.31. The molecule has 2 atom stereocenters. The number of imide groups is 1. The quantitative estimate of drug-likeness (QED) is 0.329. The molecule has 1 N–H and O–H groups in total. The van der Waals surface area contributed by atoms with Gasteiger partial charge in [-0.25, -0.2) is 0 Å². The summed E-state index contributed by atoms with van der Waals surface area (Å²) in [7, 11) is -5.40. The molecule has 2 aromatic carbocycles. The van der Waals surface area contributed by atoms with Crippen LogP contribution in [0.15, 0.2) is 52.3 Å². The zero-order valence-electron chi connectivity index (χ0n) is 18.5. The van der Waals surface area contributed by atoms with E-state index in [1.165, 1.54) is 17.0 Å². The highest BCUT2D eigenvalue weighted by molar-refractivity contribution is 7.86. The topological polar surface area (TPSA) is 127 Å². The van der Waals surface area contributed by atoms with Crippen molar-refractivity contribution in [2.45, 2.75) is 48.6 Å². The van der Waals surface area contributed by atoms with Crippen LogP contribution in [0.1, 0.15) is 40.7 Å². The maximum atomic E-state index is 13.0. The molecular formula is C23H24N2O7S2. The molecule has 0 radical (unpaired) electrons. The van der Waals surface area contributed by atoms with Gasteiger partial charge >= 0.3 is 0 Å². The molecule has 0 spiro atoms. The molecule has 2 aliphatic heterocycles. The van der Waals surface area contributed by atoms with E-state index >= 15 is 0 Å². The fraction of sp³-hybridized carbons (Fsp3) is 0.348. The van der Waals surface area contributed by atoms with Crippen LogP contribution in [-0.2, 0) is 41.2 Å². The highest BCUT2D eigenvalue weighted by atomic mass is 32.2. The van der Waals surface area contributed by atoms with Crippen molar-refractivity contribution >= 4 is 38.6 Å². The zero-order chi connectivity index (χ0) is 24.5. The lowest BCUT2D eigenvalue weighted by atomic mass is 10.0. The summed E-state index contributed by atoms with van der Waals surface area (Å²) in [6.45, 7) is 1.85. The first-order valence-electron chi connectivity index (χ1n) is 10.8. The van der Waals surface area contributed by atoms with Crippen LogP contribution in [0.2, 0.25) is 0 Å². The third-order valence-corrected chi connectivity index (χ3v) is 8.67. The lowest BCUT2D eigenvalue weighted by molar-refractivity contribution is -0.136. The Morgan fingerprint density at radius 1 is 1.12 bits per heavy atom. The number of carbonyl (C=O) groups excluding carboxylic acids is 3. The number of hydrogen-bond acceptors (Lipinski definition) is 7. The monoisotopic (exact) mass is 504 g/mol. The number of piperidine rings is 1. The number of fused-ring (bicyclic) bond motifs is 1. The van der Waals surface area contributed by atoms with Gasteiger partial charge in [0.2, 0.25) is 11.8 Å². The Hall–Kier alpha value is -2.89. The Morgan fingerprint density at radius 3 is 2.56 bits per heavy atom. The first kappa shape index (κ1) is 24.2. The number of amides is 3. The second-order valence-corrected chi connectivity index (χ2v) is 11.3. The van der Waals surface area contributed by atoms with Gasteiger partial charge in [-0.05, 0) is 44.0 Å². The summed E-state index contributed by atoms with van der Waals surface area (Å²) in [6, 6.07) is 10.5. The van der Waals surface area contributed by atoms with Crippen molar-refractivity contribution in [1.29, 1.82) is 0 Å². The number of aryl methyl sites for hydroxylation is 1. The molecule has 34 heavy (non-hydrogen) atoms. The van der Waals surface area contributed by atoms with Gasteiger partial charge in [-0.1, -0.05) is 23.8 Å². The van der Waals surface area contributed by atoms with E-state index < -0.39 is 32.9 Å². The second-order valence-electron chi connectivity index (χ2n) is 8.17. The number of nitrogens with zero attached hydrogens (tertiary/aromatic N) is 1. The third kappa shape index (κ3) is 4.96. The van der Waals surface area contributed by atoms with Crippen LogP contribution < -0.4 is 5.32 Å². The van der Waals surface area contributed by atoms with Crippen molar-refractivity contribution in [1.82, 2.24) is 10.2 Å². The van der Waals surface area contributed by atoms with Crippen LogP contribution in [-0.4, -0.2) is 53.6 Å². The maximum Gasteiger partial charge on any atom is 0.296 e. The smallest absolute Gasteiger partial charge is 0.296 e. The maximum absolute atomic E-state index is 13.0. The zero-order valence-corrected chi connectivity index (χ0v) is 20.1. The van der Waals surface area contributed by atoms with Gasteiger partial charge in [0.05, 0.1) is 22.3 Å². The predicted octanol–water partition coefficient (Wildman–Crippen LogP) is 1.66. The lowest BCUT2D eigenvalue weighted by Crippen LogP contribution is -2.52. The van der Waals surface area contributed by atoms with Gasteiger partial charge in [0.1, 0.15) is 6.04 Å². The Kier molecular flexibility index (Phi) is 6.96. The van der Waals surface area contributed by atoms with E-state index in [-0.39, 0.29) is 54.9 Å². The SMILES string of the molecule is Cc1ccc(S(=O)(=O)OCCCS(=O)c2cccc3c2CN(C2CCC(=O)NC2=O)C3=O)cc1. The summed E-state index contributed by atoms with van der Waals surface area (Å²) in [5, 5.41) is 2.26. The van der Waals surface area contributed by atoms with Crippen molar-refractivity contribution in [3.05, 3.63) is 59.2 Å². The molecule has 2 heterocycles. The minimum atomic E-state index is -3.90. The summed E-state index contributed by atoms with van der Waals surface area (Å²) >= 11 is 0. The van der Waals surface area contributed by atoms with E-state index in [1.54, 1.807) is 30.3 Å². The van der Waals surface area contributed by atoms with Crippen molar-refractivity contribution < 1.29 is 31.2 Å². The number of rotatable bonds is 8. The Bertz CT molecular complexity index is 1270. The largest absolute Gasteiger partial charge is 0.322 e. The molecule has 0 aliphatic carbocycles. The summed E-state index contributed by atoms with van der Waals surface area (Å²) in [5.41, 5.74) is 1.90. The fourth-order valence-corrected chi connectivity index (χ4v) is 6.23. The van der Waals surface area contributed by atoms with Crippen molar-refractivity contribution in [3.8, 4) is 0 Å². The molecule has 2 aliphatic rings. The number of hydrogen-bond donors (Lipinski definition) is 1. The molecular weight excluding hydrogens is 480 g/mol. The molecule has 0 bridgehead atoms. The normalized spacial score (nSPS) is 19.1. The molecule has 0 aromatic heterocycles. The predicted molar refractivity (Wildman–Crippen MR) is 123 cm³/mol. The van der Waals surface area contributed by atoms with Gasteiger partial charge in [-0.3, -0.25) is 28.1 Å². The molecule has 9 nitrogen and oxygen atoms in total. The van der Waals surface area contributed by atoms with E-state index in [0.29, 0.717) is 16.0 Å². The average Bonchev–Trinajstić information content (AvgIpc) is 3.13. The van der Waals surface area contributed by atoms with Gasteiger partial charge < -0.3 is 4.90 Å². The van der Waals surface area contributed by atoms with Gasteiger partial charge in [-0.2, -0.15) is 8.42 Å². The second kappa shape index (κ2) is 9.77. The standard InChI is InChI=1S/C23H24N2O7S2/c1-15-6-8-16(9-7-15)34(30,31)32-12-3-13-33(29)20-5-2-4-17-18(20)14-25(23(17)28)19-10-11-21(26)24-22(19)27/h2,4-9,19H,3,10-14H2,1H3,(H,24,26,27). The molecule has 2 aromatic rings. The first-order chi connectivity index (χ1) is 16.2. The third-order valence-electron chi connectivity index (χ3n) is 5.81. The fourth-order valence-electron chi connectivity index (χ4n) is 4.01. The summed E-state index contributed by atoms with van der Waals surface area (Å²) in [5.74, 6) is -1.06. The average molecular weight is 505 g/mol. The molecule has 4 rings (SSSR count). The highest BCUT2D eigenvalue weighted by Gasteiger charge is 2.40. The Labute approximate surface area is 200 Å². The Morgan fingerprint density at radius 2 is 1.85 bits per heavy atom. The van der Waals surface area contributed by atoms with Crippen molar-refractivity contribution in [2.24, 2.45) is 0 Å². The van der Waals surface area contributed by atoms with Crippen molar-refractivity contribution in [3.63, 3.8) is 0 Å². The summed E-state index contributed by atoms with van der Waals surface area (Å²) in [6.07, 6.45) is 0.628. The van der Waals surface area contributed by atoms with Crippen LogP contribution in [0.5, 0.6) is 0 Å². The van der Waals surface area contributed by atoms with Crippen LogP contribution in [0, 0.1) is 6.92 Å². The van der Waals surface area contributed by atoms with Crippen LogP contribution in [0.3, 0.4) is 0 Å². The number of nitrogens with one attached hydrogen (secondary N) is 1. The lowest BCUT2D eigenvalue weighted by Gasteiger charge is -2.29. The summed E-state index contributed by atoms with van der Waals surface area (Å²) < 4.78 is 42.6. The van der Waals surface area contributed by atoms with Gasteiger partial charge in [0.15, 0.2) is 0 Å². The van der Waals surface area contributed by atoms with Crippen LogP contribution in [0.25, 0.3) is 0 Å². The number of carbonyl (C=O) groups is 3. The Balaban J connectivity index is 1.38. The van der Waals surface area contributed by atoms with Crippen LogP contribution >= 0.6 is 0 Å².